The number of rotatable bonds is 7. The summed E-state index contributed by atoms with van der Waals surface area (Å²) in [4.78, 5) is 34.7. The average molecular weight is 430 g/mol. The molecule has 0 aromatic heterocycles. The molecule has 0 spiro atoms. The minimum absolute atomic E-state index is 0.147. The van der Waals surface area contributed by atoms with Crippen LogP contribution in [0, 0.1) is 16.0 Å². The molecule has 30 heavy (non-hydrogen) atoms. The molecule has 2 aromatic rings. The summed E-state index contributed by atoms with van der Waals surface area (Å²) in [5, 5.41) is 13.1. The zero-order chi connectivity index (χ0) is 22.1. The summed E-state index contributed by atoms with van der Waals surface area (Å²) < 4.78 is 5.60. The molecular formula is C20H22N4O5S. The van der Waals surface area contributed by atoms with Gasteiger partial charge in [0.2, 0.25) is 0 Å². The molecule has 3 N–H and O–H groups in total. The molecule has 2 rings (SSSR count). The predicted octanol–water partition coefficient (Wildman–Crippen LogP) is 2.97. The van der Waals surface area contributed by atoms with Gasteiger partial charge in [-0.25, -0.2) is 0 Å². The Morgan fingerprint density at radius 1 is 1.07 bits per heavy atom. The number of nitrogens with one attached hydrogen (secondary N) is 3. The lowest BCUT2D eigenvalue weighted by atomic mass is 10.1. The zero-order valence-corrected chi connectivity index (χ0v) is 17.3. The number of thiocarbonyl (C=S) groups is 1. The third-order valence-electron chi connectivity index (χ3n) is 3.94. The van der Waals surface area contributed by atoms with Crippen molar-refractivity contribution in [3.63, 3.8) is 0 Å². The van der Waals surface area contributed by atoms with E-state index in [9.17, 15) is 19.7 Å². The van der Waals surface area contributed by atoms with E-state index >= 15 is 0 Å². The number of amides is 2. The van der Waals surface area contributed by atoms with Crippen molar-refractivity contribution < 1.29 is 19.2 Å². The number of nitro benzene ring substituents is 1. The number of nitrogens with zero attached hydrogens (tertiary/aromatic N) is 1. The molecule has 158 valence electrons. The van der Waals surface area contributed by atoms with Crippen LogP contribution in [0.15, 0.2) is 48.5 Å². The van der Waals surface area contributed by atoms with E-state index in [1.165, 1.54) is 24.3 Å². The van der Waals surface area contributed by atoms with Gasteiger partial charge in [0, 0.05) is 11.6 Å². The molecule has 0 fully saturated rings. The minimum atomic E-state index is -0.767. The molecule has 0 radical (unpaired) electrons. The summed E-state index contributed by atoms with van der Waals surface area (Å²) in [5.74, 6) is -0.0474. The van der Waals surface area contributed by atoms with Crippen LogP contribution in [0.1, 0.15) is 41.0 Å². The fraction of sp³-hybridized carbons (Fsp3) is 0.250. The molecule has 0 saturated carbocycles. The van der Waals surface area contributed by atoms with Gasteiger partial charge in [0.25, 0.3) is 17.5 Å². The molecule has 0 atom stereocenters. The van der Waals surface area contributed by atoms with Crippen LogP contribution < -0.4 is 20.9 Å². The van der Waals surface area contributed by atoms with Gasteiger partial charge in [0.15, 0.2) is 5.11 Å². The molecule has 0 saturated heterocycles. The van der Waals surface area contributed by atoms with Crippen LogP contribution in [0.5, 0.6) is 5.75 Å². The molecule has 0 aliphatic carbocycles. The first-order valence-corrected chi connectivity index (χ1v) is 9.56. The van der Waals surface area contributed by atoms with Crippen molar-refractivity contribution in [2.75, 3.05) is 6.61 Å². The Morgan fingerprint density at radius 2 is 1.73 bits per heavy atom. The van der Waals surface area contributed by atoms with Crippen LogP contribution in [0.25, 0.3) is 0 Å². The summed E-state index contributed by atoms with van der Waals surface area (Å²) in [7, 11) is 0. The van der Waals surface area contributed by atoms with Crippen molar-refractivity contribution in [2.45, 2.75) is 20.3 Å². The van der Waals surface area contributed by atoms with Crippen molar-refractivity contribution in [2.24, 2.45) is 5.92 Å². The number of benzene rings is 2. The SMILES string of the molecule is CC(C)CCOc1ccc(C(=O)NNC(=S)NC(=O)c2ccccc2[N+](=O)[O-])cc1. The van der Waals surface area contributed by atoms with E-state index in [1.54, 1.807) is 24.3 Å². The van der Waals surface area contributed by atoms with Crippen LogP contribution >= 0.6 is 12.2 Å². The predicted molar refractivity (Wildman–Crippen MR) is 115 cm³/mol. The first-order valence-electron chi connectivity index (χ1n) is 9.16. The lowest BCUT2D eigenvalue weighted by molar-refractivity contribution is -0.385. The largest absolute Gasteiger partial charge is 0.494 e. The lowest BCUT2D eigenvalue weighted by Gasteiger charge is -2.11. The van der Waals surface area contributed by atoms with E-state index in [0.717, 1.165) is 6.42 Å². The third-order valence-corrected chi connectivity index (χ3v) is 4.15. The van der Waals surface area contributed by atoms with Crippen molar-refractivity contribution >= 4 is 34.8 Å². The van der Waals surface area contributed by atoms with Crippen LogP contribution in [0.4, 0.5) is 5.69 Å². The van der Waals surface area contributed by atoms with Crippen LogP contribution in [-0.2, 0) is 0 Å². The monoisotopic (exact) mass is 430 g/mol. The molecule has 2 aromatic carbocycles. The van der Waals surface area contributed by atoms with Crippen molar-refractivity contribution in [1.82, 2.24) is 16.2 Å². The van der Waals surface area contributed by atoms with Crippen LogP contribution in [-0.4, -0.2) is 28.5 Å². The van der Waals surface area contributed by atoms with E-state index < -0.39 is 16.7 Å². The third kappa shape index (κ3) is 6.82. The quantitative estimate of drug-likeness (QED) is 0.351. The van der Waals surface area contributed by atoms with E-state index in [2.05, 4.69) is 30.0 Å². The van der Waals surface area contributed by atoms with Crippen molar-refractivity contribution in [1.29, 1.82) is 0 Å². The topological polar surface area (TPSA) is 123 Å². The number of hydrazine groups is 1. The summed E-state index contributed by atoms with van der Waals surface area (Å²) in [5.41, 5.74) is 4.60. The standard InChI is InChI=1S/C20H22N4O5S/c1-13(2)11-12-29-15-9-7-14(8-10-15)18(25)22-23-20(30)21-19(26)16-5-3-4-6-17(16)24(27)28/h3-10,13H,11-12H2,1-2H3,(H,22,25)(H2,21,23,26,30). The summed E-state index contributed by atoms with van der Waals surface area (Å²) in [6, 6.07) is 12.0. The second-order valence-electron chi connectivity index (χ2n) is 6.69. The fourth-order valence-electron chi connectivity index (χ4n) is 2.33. The van der Waals surface area contributed by atoms with Crippen molar-refractivity contribution in [3.8, 4) is 5.75 Å². The summed E-state index contributed by atoms with van der Waals surface area (Å²) >= 11 is 4.95. The number of ether oxygens (including phenoxy) is 1. The van der Waals surface area contributed by atoms with Gasteiger partial charge >= 0.3 is 0 Å². The van der Waals surface area contributed by atoms with E-state index in [0.29, 0.717) is 23.8 Å². The fourth-order valence-corrected chi connectivity index (χ4v) is 2.47. The number of carbonyl (C=O) groups is 2. The number of hydrogen-bond acceptors (Lipinski definition) is 6. The maximum atomic E-state index is 12.2. The smallest absolute Gasteiger partial charge is 0.282 e. The molecule has 2 amide bonds. The summed E-state index contributed by atoms with van der Waals surface area (Å²) in [6.07, 6.45) is 0.932. The van der Waals surface area contributed by atoms with Gasteiger partial charge < -0.3 is 4.74 Å². The highest BCUT2D eigenvalue weighted by molar-refractivity contribution is 7.80. The molecule has 0 aliphatic heterocycles. The average Bonchev–Trinajstić information content (AvgIpc) is 2.72. The molecule has 0 aliphatic rings. The molecule has 0 bridgehead atoms. The first kappa shape index (κ1) is 22.8. The highest BCUT2D eigenvalue weighted by atomic mass is 32.1. The highest BCUT2D eigenvalue weighted by Crippen LogP contribution is 2.17. The highest BCUT2D eigenvalue weighted by Gasteiger charge is 2.20. The second kappa shape index (κ2) is 10.9. The Morgan fingerprint density at radius 3 is 2.37 bits per heavy atom. The Labute approximate surface area is 178 Å². The van der Waals surface area contributed by atoms with E-state index in [-0.39, 0.29) is 16.4 Å². The van der Waals surface area contributed by atoms with Gasteiger partial charge in [-0.15, -0.1) is 0 Å². The molecule has 10 heteroatoms. The Bertz CT molecular complexity index is 931. The first-order chi connectivity index (χ1) is 14.3. The van der Waals surface area contributed by atoms with Crippen LogP contribution in [0.3, 0.4) is 0 Å². The Kier molecular flexibility index (Phi) is 8.24. The normalized spacial score (nSPS) is 10.2. The van der Waals surface area contributed by atoms with Crippen LogP contribution in [0.2, 0.25) is 0 Å². The van der Waals surface area contributed by atoms with Gasteiger partial charge in [0.05, 0.1) is 11.5 Å². The minimum Gasteiger partial charge on any atom is -0.494 e. The maximum absolute atomic E-state index is 12.2. The number of carbonyl (C=O) groups excluding carboxylic acids is 2. The maximum Gasteiger partial charge on any atom is 0.282 e. The Hall–Kier alpha value is -3.53. The lowest BCUT2D eigenvalue weighted by Crippen LogP contribution is -2.48. The number of hydrogen-bond donors (Lipinski definition) is 3. The summed E-state index contributed by atoms with van der Waals surface area (Å²) in [6.45, 7) is 4.81. The zero-order valence-electron chi connectivity index (χ0n) is 16.5. The second-order valence-corrected chi connectivity index (χ2v) is 7.10. The van der Waals surface area contributed by atoms with Gasteiger partial charge in [0.1, 0.15) is 11.3 Å². The van der Waals surface area contributed by atoms with Crippen molar-refractivity contribution in [3.05, 3.63) is 69.8 Å². The molecule has 0 heterocycles. The van der Waals surface area contributed by atoms with Gasteiger partial charge in [-0.2, -0.15) is 0 Å². The molecule has 0 unspecified atom stereocenters. The van der Waals surface area contributed by atoms with Gasteiger partial charge in [-0.05, 0) is 54.9 Å². The van der Waals surface area contributed by atoms with E-state index in [4.69, 9.17) is 17.0 Å². The van der Waals surface area contributed by atoms with Gasteiger partial charge in [-0.3, -0.25) is 35.9 Å². The van der Waals surface area contributed by atoms with Gasteiger partial charge in [-0.1, -0.05) is 26.0 Å². The Balaban J connectivity index is 1.85. The number of nitro groups is 1. The molecule has 9 nitrogen and oxygen atoms in total. The van der Waals surface area contributed by atoms with E-state index in [1.807, 2.05) is 0 Å². The number of para-hydroxylation sites is 1. The molecular weight excluding hydrogens is 408 g/mol.